The number of amides is 1. The molecular formula is C14H23N3O2. The maximum atomic E-state index is 11.7. The predicted molar refractivity (Wildman–Crippen MR) is 77.4 cm³/mol. The van der Waals surface area contributed by atoms with Gasteiger partial charge in [-0.05, 0) is 26.0 Å². The lowest BCUT2D eigenvalue weighted by atomic mass is 10.1. The highest BCUT2D eigenvalue weighted by Crippen LogP contribution is 2.17. The summed E-state index contributed by atoms with van der Waals surface area (Å²) in [4.78, 5) is 11.7. The Morgan fingerprint density at radius 3 is 2.74 bits per heavy atom. The van der Waals surface area contributed by atoms with Crippen molar-refractivity contribution in [3.63, 3.8) is 0 Å². The third-order valence-electron chi connectivity index (χ3n) is 2.61. The predicted octanol–water partition coefficient (Wildman–Crippen LogP) is 1.35. The number of ether oxygens (including phenoxy) is 1. The normalized spacial score (nSPS) is 12.1. The van der Waals surface area contributed by atoms with Gasteiger partial charge in [0.15, 0.2) is 0 Å². The minimum atomic E-state index is -0.0918. The molecule has 4 N–H and O–H groups in total. The molecule has 0 fully saturated rings. The van der Waals surface area contributed by atoms with Crippen molar-refractivity contribution in [2.75, 3.05) is 19.0 Å². The molecule has 1 aromatic carbocycles. The van der Waals surface area contributed by atoms with Crippen LogP contribution in [0.3, 0.4) is 0 Å². The fourth-order valence-electron chi connectivity index (χ4n) is 1.75. The Morgan fingerprint density at radius 1 is 1.42 bits per heavy atom. The Labute approximate surface area is 114 Å². The summed E-state index contributed by atoms with van der Waals surface area (Å²) < 4.78 is 5.15. The maximum Gasteiger partial charge on any atom is 0.222 e. The highest BCUT2D eigenvalue weighted by molar-refractivity contribution is 5.77. The van der Waals surface area contributed by atoms with Crippen molar-refractivity contribution >= 4 is 11.6 Å². The van der Waals surface area contributed by atoms with Crippen LogP contribution in [-0.2, 0) is 4.79 Å². The minimum Gasteiger partial charge on any atom is -0.497 e. The summed E-state index contributed by atoms with van der Waals surface area (Å²) in [6, 6.07) is 7.61. The molecule has 1 amide bonds. The summed E-state index contributed by atoms with van der Waals surface area (Å²) in [5, 5.41) is 6.10. The largest absolute Gasteiger partial charge is 0.497 e. The van der Waals surface area contributed by atoms with Crippen molar-refractivity contribution in [2.24, 2.45) is 5.73 Å². The number of methoxy groups -OCH3 is 1. The first-order valence-electron chi connectivity index (χ1n) is 6.45. The third-order valence-corrected chi connectivity index (χ3v) is 2.61. The minimum absolute atomic E-state index is 0.000783. The van der Waals surface area contributed by atoms with Gasteiger partial charge in [-0.2, -0.15) is 0 Å². The van der Waals surface area contributed by atoms with Gasteiger partial charge in [0.2, 0.25) is 5.91 Å². The van der Waals surface area contributed by atoms with E-state index in [9.17, 15) is 4.79 Å². The van der Waals surface area contributed by atoms with E-state index in [1.807, 2.05) is 38.1 Å². The molecule has 1 rings (SSSR count). The first-order chi connectivity index (χ1) is 9.05. The Morgan fingerprint density at radius 2 is 2.16 bits per heavy atom. The van der Waals surface area contributed by atoms with E-state index in [4.69, 9.17) is 10.5 Å². The number of carbonyl (C=O) groups is 1. The quantitative estimate of drug-likeness (QED) is 0.695. The van der Waals surface area contributed by atoms with E-state index in [2.05, 4.69) is 10.6 Å². The molecule has 0 radical (unpaired) electrons. The van der Waals surface area contributed by atoms with Crippen LogP contribution in [0.15, 0.2) is 24.3 Å². The number of hydrogen-bond donors (Lipinski definition) is 3. The van der Waals surface area contributed by atoms with Gasteiger partial charge in [-0.3, -0.25) is 4.79 Å². The van der Waals surface area contributed by atoms with E-state index in [1.165, 1.54) is 0 Å². The SMILES string of the molecule is COc1cccc(NC(CN)CC(=O)NC(C)C)c1. The van der Waals surface area contributed by atoms with Crippen molar-refractivity contribution in [1.82, 2.24) is 5.32 Å². The zero-order chi connectivity index (χ0) is 14.3. The van der Waals surface area contributed by atoms with Crippen LogP contribution in [0.1, 0.15) is 20.3 Å². The van der Waals surface area contributed by atoms with Gasteiger partial charge in [0.1, 0.15) is 5.75 Å². The topological polar surface area (TPSA) is 76.4 Å². The summed E-state index contributed by atoms with van der Waals surface area (Å²) in [6.45, 7) is 4.26. The van der Waals surface area contributed by atoms with Gasteiger partial charge in [0.25, 0.3) is 0 Å². The van der Waals surface area contributed by atoms with E-state index in [0.29, 0.717) is 13.0 Å². The fourth-order valence-corrected chi connectivity index (χ4v) is 1.75. The van der Waals surface area contributed by atoms with Gasteiger partial charge in [-0.25, -0.2) is 0 Å². The van der Waals surface area contributed by atoms with Crippen molar-refractivity contribution < 1.29 is 9.53 Å². The van der Waals surface area contributed by atoms with E-state index in [-0.39, 0.29) is 18.0 Å². The number of nitrogens with two attached hydrogens (primary N) is 1. The zero-order valence-electron chi connectivity index (χ0n) is 11.8. The Balaban J connectivity index is 2.58. The Bertz CT molecular complexity index is 407. The Hall–Kier alpha value is -1.75. The second-order valence-electron chi connectivity index (χ2n) is 4.74. The molecule has 5 heteroatoms. The van der Waals surface area contributed by atoms with Crippen molar-refractivity contribution in [1.29, 1.82) is 0 Å². The van der Waals surface area contributed by atoms with Gasteiger partial charge in [-0.15, -0.1) is 0 Å². The number of nitrogens with one attached hydrogen (secondary N) is 2. The summed E-state index contributed by atoms with van der Waals surface area (Å²) in [5.74, 6) is 0.772. The number of carbonyl (C=O) groups excluding carboxylic acids is 1. The van der Waals surface area contributed by atoms with Crippen molar-refractivity contribution in [3.8, 4) is 5.75 Å². The molecule has 0 aliphatic carbocycles. The molecule has 0 saturated carbocycles. The fraction of sp³-hybridized carbons (Fsp3) is 0.500. The number of benzene rings is 1. The molecule has 0 heterocycles. The third kappa shape index (κ3) is 5.61. The summed E-state index contributed by atoms with van der Waals surface area (Å²) in [7, 11) is 1.62. The van der Waals surface area contributed by atoms with Gasteiger partial charge >= 0.3 is 0 Å². The first kappa shape index (κ1) is 15.3. The zero-order valence-corrected chi connectivity index (χ0v) is 11.8. The molecule has 0 saturated heterocycles. The molecule has 0 aromatic heterocycles. The summed E-state index contributed by atoms with van der Waals surface area (Å²) in [5.41, 5.74) is 6.59. The van der Waals surface area contributed by atoms with Crippen LogP contribution in [0.2, 0.25) is 0 Å². The van der Waals surface area contributed by atoms with Gasteiger partial charge < -0.3 is 21.1 Å². The number of hydrogen-bond acceptors (Lipinski definition) is 4. The smallest absolute Gasteiger partial charge is 0.222 e. The van der Waals surface area contributed by atoms with Crippen LogP contribution >= 0.6 is 0 Å². The lowest BCUT2D eigenvalue weighted by molar-refractivity contribution is -0.121. The molecule has 1 unspecified atom stereocenters. The summed E-state index contributed by atoms with van der Waals surface area (Å²) >= 11 is 0. The molecule has 1 atom stereocenters. The maximum absolute atomic E-state index is 11.7. The second-order valence-corrected chi connectivity index (χ2v) is 4.74. The monoisotopic (exact) mass is 265 g/mol. The van der Waals surface area contributed by atoms with E-state index < -0.39 is 0 Å². The lowest BCUT2D eigenvalue weighted by Gasteiger charge is -2.19. The lowest BCUT2D eigenvalue weighted by Crippen LogP contribution is -2.38. The molecule has 1 aromatic rings. The van der Waals surface area contributed by atoms with Gasteiger partial charge in [0, 0.05) is 36.8 Å². The number of anilines is 1. The van der Waals surface area contributed by atoms with Crippen molar-refractivity contribution in [2.45, 2.75) is 32.4 Å². The molecule has 0 aliphatic heterocycles. The molecule has 0 aliphatic rings. The molecular weight excluding hydrogens is 242 g/mol. The average Bonchev–Trinajstić information content (AvgIpc) is 2.37. The van der Waals surface area contributed by atoms with Crippen LogP contribution in [0, 0.1) is 0 Å². The van der Waals surface area contributed by atoms with Gasteiger partial charge in [0.05, 0.1) is 7.11 Å². The van der Waals surface area contributed by atoms with Crippen LogP contribution in [0.4, 0.5) is 5.69 Å². The van der Waals surface area contributed by atoms with E-state index >= 15 is 0 Å². The van der Waals surface area contributed by atoms with Crippen LogP contribution in [0.5, 0.6) is 5.75 Å². The van der Waals surface area contributed by atoms with Crippen LogP contribution < -0.4 is 21.1 Å². The van der Waals surface area contributed by atoms with Gasteiger partial charge in [-0.1, -0.05) is 6.07 Å². The highest BCUT2D eigenvalue weighted by Gasteiger charge is 2.13. The second kappa shape index (κ2) is 7.63. The average molecular weight is 265 g/mol. The molecule has 19 heavy (non-hydrogen) atoms. The molecule has 0 bridgehead atoms. The van der Waals surface area contributed by atoms with Crippen molar-refractivity contribution in [3.05, 3.63) is 24.3 Å². The molecule has 106 valence electrons. The van der Waals surface area contributed by atoms with Crippen LogP contribution in [0.25, 0.3) is 0 Å². The standard InChI is InChI=1S/C14H23N3O2/c1-10(2)16-14(18)8-12(9-15)17-11-5-4-6-13(7-11)19-3/h4-7,10,12,17H,8-9,15H2,1-3H3,(H,16,18). The summed E-state index contributed by atoms with van der Waals surface area (Å²) in [6.07, 6.45) is 0.353. The molecule has 5 nitrogen and oxygen atoms in total. The highest BCUT2D eigenvalue weighted by atomic mass is 16.5. The van der Waals surface area contributed by atoms with E-state index in [0.717, 1.165) is 11.4 Å². The van der Waals surface area contributed by atoms with Crippen LogP contribution in [-0.4, -0.2) is 31.6 Å². The number of rotatable bonds is 7. The van der Waals surface area contributed by atoms with E-state index in [1.54, 1.807) is 7.11 Å². The molecule has 0 spiro atoms. The first-order valence-corrected chi connectivity index (χ1v) is 6.45. The Kier molecular flexibility index (Phi) is 6.15.